The van der Waals surface area contributed by atoms with E-state index in [0.29, 0.717) is 25.5 Å². The van der Waals surface area contributed by atoms with Gasteiger partial charge in [-0.2, -0.15) is 0 Å². The van der Waals surface area contributed by atoms with E-state index in [9.17, 15) is 9.18 Å². The fraction of sp³-hybridized carbons (Fsp3) is 0.333. The van der Waals surface area contributed by atoms with E-state index in [1.54, 1.807) is 17.1 Å². The third-order valence-corrected chi connectivity index (χ3v) is 2.54. The molecule has 2 aromatic heterocycles. The maximum Gasteiger partial charge on any atom is 0.255 e. The normalized spacial score (nSPS) is 10.3. The van der Waals surface area contributed by atoms with Gasteiger partial charge in [-0.15, -0.1) is 5.10 Å². The van der Waals surface area contributed by atoms with Gasteiger partial charge in [-0.3, -0.25) is 9.48 Å². The third-order valence-electron chi connectivity index (χ3n) is 2.54. The fourth-order valence-electron chi connectivity index (χ4n) is 1.65. The van der Waals surface area contributed by atoms with Crippen molar-refractivity contribution in [3.63, 3.8) is 0 Å². The Labute approximate surface area is 115 Å². The number of nitrogens with zero attached hydrogens (tertiary/aromatic N) is 4. The van der Waals surface area contributed by atoms with Gasteiger partial charge in [-0.25, -0.2) is 9.37 Å². The van der Waals surface area contributed by atoms with Gasteiger partial charge in [0.2, 0.25) is 0 Å². The molecule has 0 bridgehead atoms. The summed E-state index contributed by atoms with van der Waals surface area (Å²) >= 11 is 0. The van der Waals surface area contributed by atoms with Gasteiger partial charge in [-0.1, -0.05) is 5.21 Å². The van der Waals surface area contributed by atoms with Crippen LogP contribution in [-0.4, -0.2) is 39.0 Å². The number of amides is 1. The minimum absolute atomic E-state index is 0.186. The van der Waals surface area contributed by atoms with Crippen LogP contribution in [0.3, 0.4) is 0 Å². The zero-order valence-corrected chi connectivity index (χ0v) is 11.0. The summed E-state index contributed by atoms with van der Waals surface area (Å²) in [4.78, 5) is 15.9. The Kier molecular flexibility index (Phi) is 4.59. The van der Waals surface area contributed by atoms with Crippen LogP contribution in [0, 0.1) is 5.82 Å². The standard InChI is InChI=1S/C12H15FN6O/c1-2-14-11-10(7-9(13)8-16-11)12(20)15-3-5-19-6-4-17-18-19/h4,6-8H,2-3,5H2,1H3,(H,14,16)(H,15,20). The van der Waals surface area contributed by atoms with Crippen molar-refractivity contribution >= 4 is 11.7 Å². The van der Waals surface area contributed by atoms with Crippen LogP contribution in [0.25, 0.3) is 0 Å². The van der Waals surface area contributed by atoms with Crippen LogP contribution < -0.4 is 10.6 Å². The summed E-state index contributed by atoms with van der Waals surface area (Å²) in [6, 6.07) is 1.16. The van der Waals surface area contributed by atoms with Crippen molar-refractivity contribution in [2.75, 3.05) is 18.4 Å². The second-order valence-electron chi connectivity index (χ2n) is 4.00. The quantitative estimate of drug-likeness (QED) is 0.811. The molecule has 0 saturated carbocycles. The summed E-state index contributed by atoms with van der Waals surface area (Å²) in [7, 11) is 0. The summed E-state index contributed by atoms with van der Waals surface area (Å²) in [6.45, 7) is 3.32. The molecule has 0 aliphatic carbocycles. The molecule has 0 saturated heterocycles. The number of aromatic nitrogens is 4. The molecular formula is C12H15FN6O. The lowest BCUT2D eigenvalue weighted by Crippen LogP contribution is -2.28. The number of hydrogen-bond acceptors (Lipinski definition) is 5. The predicted molar refractivity (Wildman–Crippen MR) is 70.7 cm³/mol. The summed E-state index contributed by atoms with van der Waals surface area (Å²) in [5, 5.41) is 13.0. The van der Waals surface area contributed by atoms with Gasteiger partial charge in [-0.05, 0) is 13.0 Å². The molecule has 0 aliphatic heterocycles. The van der Waals surface area contributed by atoms with Crippen LogP contribution in [0.1, 0.15) is 17.3 Å². The van der Waals surface area contributed by atoms with Gasteiger partial charge in [0.25, 0.3) is 5.91 Å². The van der Waals surface area contributed by atoms with Gasteiger partial charge in [0, 0.05) is 19.3 Å². The topological polar surface area (TPSA) is 84.7 Å². The van der Waals surface area contributed by atoms with Gasteiger partial charge in [0.1, 0.15) is 11.6 Å². The number of carbonyl (C=O) groups excluding carboxylic acids is 1. The second kappa shape index (κ2) is 6.60. The van der Waals surface area contributed by atoms with Crippen molar-refractivity contribution in [2.45, 2.75) is 13.5 Å². The molecule has 20 heavy (non-hydrogen) atoms. The molecule has 8 heteroatoms. The molecule has 1 amide bonds. The Morgan fingerprint density at radius 2 is 2.35 bits per heavy atom. The van der Waals surface area contributed by atoms with E-state index in [1.165, 1.54) is 0 Å². The molecule has 0 spiro atoms. The number of pyridine rings is 1. The van der Waals surface area contributed by atoms with Crippen molar-refractivity contribution in [3.05, 3.63) is 36.0 Å². The number of nitrogens with one attached hydrogen (secondary N) is 2. The average Bonchev–Trinajstić information content (AvgIpc) is 2.94. The van der Waals surface area contributed by atoms with E-state index in [0.717, 1.165) is 12.3 Å². The molecule has 0 aliphatic rings. The predicted octanol–water partition coefficient (Wildman–Crippen LogP) is 0.674. The summed E-state index contributed by atoms with van der Waals surface area (Å²) in [5.41, 5.74) is 0.186. The van der Waals surface area contributed by atoms with Gasteiger partial charge in [0.05, 0.1) is 24.5 Å². The summed E-state index contributed by atoms with van der Waals surface area (Å²) in [5.74, 6) is -0.562. The molecule has 106 valence electrons. The Hall–Kier alpha value is -2.51. The van der Waals surface area contributed by atoms with E-state index in [2.05, 4.69) is 25.9 Å². The minimum Gasteiger partial charge on any atom is -0.370 e. The summed E-state index contributed by atoms with van der Waals surface area (Å²) < 4.78 is 14.8. The largest absolute Gasteiger partial charge is 0.370 e. The minimum atomic E-state index is -0.548. The highest BCUT2D eigenvalue weighted by Crippen LogP contribution is 2.13. The maximum absolute atomic E-state index is 13.2. The molecule has 2 N–H and O–H groups in total. The first-order valence-corrected chi connectivity index (χ1v) is 6.22. The Balaban J connectivity index is 1.99. The van der Waals surface area contributed by atoms with Crippen molar-refractivity contribution in [1.29, 1.82) is 0 Å². The zero-order chi connectivity index (χ0) is 14.4. The Morgan fingerprint density at radius 1 is 1.50 bits per heavy atom. The van der Waals surface area contributed by atoms with Crippen molar-refractivity contribution < 1.29 is 9.18 Å². The molecule has 2 rings (SSSR count). The highest BCUT2D eigenvalue weighted by atomic mass is 19.1. The number of anilines is 1. The van der Waals surface area contributed by atoms with E-state index in [4.69, 9.17) is 0 Å². The van der Waals surface area contributed by atoms with E-state index >= 15 is 0 Å². The van der Waals surface area contributed by atoms with Gasteiger partial charge >= 0.3 is 0 Å². The molecule has 2 aromatic rings. The fourth-order valence-corrected chi connectivity index (χ4v) is 1.65. The highest BCUT2D eigenvalue weighted by Gasteiger charge is 2.13. The lowest BCUT2D eigenvalue weighted by atomic mass is 10.2. The number of halogens is 1. The van der Waals surface area contributed by atoms with Crippen LogP contribution in [0.15, 0.2) is 24.7 Å². The molecule has 0 unspecified atom stereocenters. The van der Waals surface area contributed by atoms with Crippen molar-refractivity contribution in [1.82, 2.24) is 25.3 Å². The van der Waals surface area contributed by atoms with Crippen LogP contribution in [0.4, 0.5) is 10.2 Å². The number of rotatable bonds is 6. The average molecular weight is 278 g/mol. The monoisotopic (exact) mass is 278 g/mol. The van der Waals surface area contributed by atoms with Crippen LogP contribution in [0.2, 0.25) is 0 Å². The maximum atomic E-state index is 13.2. The lowest BCUT2D eigenvalue weighted by molar-refractivity contribution is 0.0952. The second-order valence-corrected chi connectivity index (χ2v) is 4.00. The van der Waals surface area contributed by atoms with Crippen LogP contribution in [-0.2, 0) is 6.54 Å². The van der Waals surface area contributed by atoms with Gasteiger partial charge in [0.15, 0.2) is 0 Å². The number of hydrogen-bond donors (Lipinski definition) is 2. The smallest absolute Gasteiger partial charge is 0.255 e. The third kappa shape index (κ3) is 3.50. The van der Waals surface area contributed by atoms with E-state index < -0.39 is 5.82 Å². The SMILES string of the molecule is CCNc1ncc(F)cc1C(=O)NCCn1ccnn1. The van der Waals surface area contributed by atoms with Gasteiger partial charge < -0.3 is 10.6 Å². The first-order chi connectivity index (χ1) is 9.70. The molecule has 0 fully saturated rings. The zero-order valence-electron chi connectivity index (χ0n) is 11.0. The highest BCUT2D eigenvalue weighted by molar-refractivity contribution is 5.98. The summed E-state index contributed by atoms with van der Waals surface area (Å²) in [6.07, 6.45) is 4.33. The van der Waals surface area contributed by atoms with Crippen molar-refractivity contribution in [2.24, 2.45) is 0 Å². The van der Waals surface area contributed by atoms with E-state index in [1.807, 2.05) is 6.92 Å². The molecule has 0 radical (unpaired) electrons. The van der Waals surface area contributed by atoms with Crippen molar-refractivity contribution in [3.8, 4) is 0 Å². The Bertz CT molecular complexity index is 571. The van der Waals surface area contributed by atoms with E-state index in [-0.39, 0.29) is 11.5 Å². The van der Waals surface area contributed by atoms with Crippen LogP contribution >= 0.6 is 0 Å². The molecule has 0 aromatic carbocycles. The first-order valence-electron chi connectivity index (χ1n) is 6.22. The molecular weight excluding hydrogens is 263 g/mol. The van der Waals surface area contributed by atoms with Crippen LogP contribution in [0.5, 0.6) is 0 Å². The molecule has 7 nitrogen and oxygen atoms in total. The molecule has 2 heterocycles. The Morgan fingerprint density at radius 3 is 3.05 bits per heavy atom. The lowest BCUT2D eigenvalue weighted by Gasteiger charge is -2.10. The molecule has 0 atom stereocenters. The number of carbonyl (C=O) groups is 1. The first kappa shape index (κ1) is 13.9.